The molecule has 2 aromatic rings. The SMILES string of the molecule is Cc1cc(Br)c(F)cc1NC(c1ccccc1)C(F)(F)F. The van der Waals surface area contributed by atoms with Gasteiger partial charge in [-0.2, -0.15) is 13.2 Å². The summed E-state index contributed by atoms with van der Waals surface area (Å²) in [6, 6.07) is 8.08. The molecule has 0 aliphatic rings. The van der Waals surface area contributed by atoms with E-state index in [4.69, 9.17) is 0 Å². The second-order valence-electron chi connectivity index (χ2n) is 4.61. The van der Waals surface area contributed by atoms with Crippen LogP contribution in [0.4, 0.5) is 23.2 Å². The van der Waals surface area contributed by atoms with Crippen LogP contribution in [0.2, 0.25) is 0 Å². The summed E-state index contributed by atoms with van der Waals surface area (Å²) in [6.07, 6.45) is -4.49. The molecule has 0 amide bonds. The highest BCUT2D eigenvalue weighted by Crippen LogP contribution is 2.37. The van der Waals surface area contributed by atoms with Crippen LogP contribution in [0.25, 0.3) is 0 Å². The third-order valence-corrected chi connectivity index (χ3v) is 3.64. The lowest BCUT2D eigenvalue weighted by Crippen LogP contribution is -2.28. The number of alkyl halides is 3. The van der Waals surface area contributed by atoms with Crippen molar-refractivity contribution in [2.24, 2.45) is 0 Å². The van der Waals surface area contributed by atoms with E-state index < -0.39 is 18.0 Å². The van der Waals surface area contributed by atoms with Gasteiger partial charge in [-0.15, -0.1) is 0 Å². The molecule has 2 rings (SSSR count). The molecule has 0 saturated carbocycles. The van der Waals surface area contributed by atoms with Gasteiger partial charge in [-0.3, -0.25) is 0 Å². The highest BCUT2D eigenvalue weighted by molar-refractivity contribution is 9.10. The molecule has 0 radical (unpaired) electrons. The molecule has 0 spiro atoms. The van der Waals surface area contributed by atoms with Crippen LogP contribution in [-0.2, 0) is 0 Å². The van der Waals surface area contributed by atoms with Crippen molar-refractivity contribution < 1.29 is 17.6 Å². The van der Waals surface area contributed by atoms with Gasteiger partial charge in [0, 0.05) is 5.69 Å². The normalized spacial score (nSPS) is 13.0. The van der Waals surface area contributed by atoms with Crippen molar-refractivity contribution in [3.63, 3.8) is 0 Å². The Morgan fingerprint density at radius 3 is 2.29 bits per heavy atom. The standard InChI is InChI=1S/C15H12BrF4N/c1-9-7-11(16)12(17)8-13(9)21-14(15(18,19)20)10-5-3-2-4-6-10/h2-8,14,21H,1H3. The number of hydrogen-bond donors (Lipinski definition) is 1. The van der Waals surface area contributed by atoms with Gasteiger partial charge in [0.1, 0.15) is 11.9 Å². The molecule has 0 aromatic heterocycles. The number of benzene rings is 2. The summed E-state index contributed by atoms with van der Waals surface area (Å²) >= 11 is 3.01. The molecular weight excluding hydrogens is 350 g/mol. The number of aryl methyl sites for hydroxylation is 1. The van der Waals surface area contributed by atoms with Crippen LogP contribution in [0.5, 0.6) is 0 Å². The number of nitrogens with one attached hydrogen (secondary N) is 1. The third kappa shape index (κ3) is 3.75. The minimum Gasteiger partial charge on any atom is -0.370 e. The van der Waals surface area contributed by atoms with Gasteiger partial charge in [0.25, 0.3) is 0 Å². The van der Waals surface area contributed by atoms with Crippen molar-refractivity contribution in [3.05, 3.63) is 63.9 Å². The van der Waals surface area contributed by atoms with Gasteiger partial charge in [-0.25, -0.2) is 4.39 Å². The number of hydrogen-bond acceptors (Lipinski definition) is 1. The topological polar surface area (TPSA) is 12.0 Å². The maximum absolute atomic E-state index is 13.5. The second kappa shape index (κ2) is 6.05. The maximum atomic E-state index is 13.5. The molecule has 0 saturated heterocycles. The van der Waals surface area contributed by atoms with Crippen molar-refractivity contribution in [3.8, 4) is 0 Å². The first-order chi connectivity index (χ1) is 9.79. The van der Waals surface area contributed by atoms with Crippen molar-refractivity contribution in [1.82, 2.24) is 0 Å². The largest absolute Gasteiger partial charge is 0.412 e. The zero-order chi connectivity index (χ0) is 15.6. The Labute approximate surface area is 128 Å². The molecule has 2 aromatic carbocycles. The Kier molecular flexibility index (Phi) is 4.56. The quantitative estimate of drug-likeness (QED) is 0.700. The summed E-state index contributed by atoms with van der Waals surface area (Å²) in [6.45, 7) is 1.62. The highest BCUT2D eigenvalue weighted by atomic mass is 79.9. The van der Waals surface area contributed by atoms with Crippen molar-refractivity contribution >= 4 is 21.6 Å². The van der Waals surface area contributed by atoms with Crippen LogP contribution in [0.15, 0.2) is 46.9 Å². The molecule has 0 aliphatic heterocycles. The van der Waals surface area contributed by atoms with E-state index in [-0.39, 0.29) is 15.7 Å². The van der Waals surface area contributed by atoms with Gasteiger partial charge in [0.05, 0.1) is 4.47 Å². The summed E-state index contributed by atoms with van der Waals surface area (Å²) in [7, 11) is 0. The smallest absolute Gasteiger partial charge is 0.370 e. The van der Waals surface area contributed by atoms with E-state index in [0.29, 0.717) is 5.56 Å². The molecule has 6 heteroatoms. The Morgan fingerprint density at radius 1 is 1.10 bits per heavy atom. The van der Waals surface area contributed by atoms with Gasteiger partial charge in [0.15, 0.2) is 0 Å². The van der Waals surface area contributed by atoms with Crippen LogP contribution in [-0.4, -0.2) is 6.18 Å². The molecule has 1 N–H and O–H groups in total. The lowest BCUT2D eigenvalue weighted by atomic mass is 10.1. The molecule has 0 bridgehead atoms. The van der Waals surface area contributed by atoms with Crippen LogP contribution < -0.4 is 5.32 Å². The molecule has 0 heterocycles. The first-order valence-corrected chi connectivity index (χ1v) is 6.92. The van der Waals surface area contributed by atoms with Gasteiger partial charge in [-0.1, -0.05) is 30.3 Å². The molecule has 1 atom stereocenters. The lowest BCUT2D eigenvalue weighted by Gasteiger charge is -2.24. The number of halogens is 5. The highest BCUT2D eigenvalue weighted by Gasteiger charge is 2.41. The maximum Gasteiger partial charge on any atom is 0.412 e. The van der Waals surface area contributed by atoms with Crippen molar-refractivity contribution in [1.29, 1.82) is 0 Å². The average Bonchev–Trinajstić information content (AvgIpc) is 2.41. The summed E-state index contributed by atoms with van der Waals surface area (Å²) < 4.78 is 53.5. The van der Waals surface area contributed by atoms with E-state index in [1.165, 1.54) is 30.3 Å². The Hall–Kier alpha value is -1.56. The van der Waals surface area contributed by atoms with Crippen molar-refractivity contribution in [2.75, 3.05) is 5.32 Å². The lowest BCUT2D eigenvalue weighted by molar-refractivity contribution is -0.144. The molecule has 21 heavy (non-hydrogen) atoms. The molecule has 0 fully saturated rings. The first-order valence-electron chi connectivity index (χ1n) is 6.13. The van der Waals surface area contributed by atoms with Crippen LogP contribution >= 0.6 is 15.9 Å². The second-order valence-corrected chi connectivity index (χ2v) is 5.47. The van der Waals surface area contributed by atoms with E-state index in [1.54, 1.807) is 13.0 Å². The fourth-order valence-electron chi connectivity index (χ4n) is 1.96. The average molecular weight is 362 g/mol. The van der Waals surface area contributed by atoms with Gasteiger partial charge < -0.3 is 5.32 Å². The van der Waals surface area contributed by atoms with Gasteiger partial charge in [0.2, 0.25) is 0 Å². The number of rotatable bonds is 3. The van der Waals surface area contributed by atoms with Gasteiger partial charge >= 0.3 is 6.18 Å². The summed E-state index contributed by atoms with van der Waals surface area (Å²) in [5.41, 5.74) is 0.711. The fourth-order valence-corrected chi connectivity index (χ4v) is 2.41. The number of anilines is 1. The minimum atomic E-state index is -4.49. The summed E-state index contributed by atoms with van der Waals surface area (Å²) in [4.78, 5) is 0. The molecule has 0 aliphatic carbocycles. The summed E-state index contributed by atoms with van der Waals surface area (Å²) in [5.74, 6) is -0.614. The summed E-state index contributed by atoms with van der Waals surface area (Å²) in [5, 5.41) is 2.39. The molecular formula is C15H12BrF4N. The molecule has 1 unspecified atom stereocenters. The van der Waals surface area contributed by atoms with Crippen LogP contribution in [0.3, 0.4) is 0 Å². The predicted octanol–water partition coefficient (Wildman–Crippen LogP) is 5.61. The zero-order valence-corrected chi connectivity index (χ0v) is 12.6. The predicted molar refractivity (Wildman–Crippen MR) is 77.7 cm³/mol. The van der Waals surface area contributed by atoms with E-state index in [2.05, 4.69) is 21.2 Å². The Bertz CT molecular complexity index is 626. The monoisotopic (exact) mass is 361 g/mol. The third-order valence-electron chi connectivity index (χ3n) is 3.03. The minimum absolute atomic E-state index is 0.0766. The first kappa shape index (κ1) is 15.8. The fraction of sp³-hybridized carbons (Fsp3) is 0.200. The van der Waals surface area contributed by atoms with Crippen molar-refractivity contribution in [2.45, 2.75) is 19.1 Å². The van der Waals surface area contributed by atoms with Crippen LogP contribution in [0, 0.1) is 12.7 Å². The van der Waals surface area contributed by atoms with Gasteiger partial charge in [-0.05, 0) is 46.1 Å². The Balaban J connectivity index is 2.39. The molecule has 112 valence electrons. The molecule has 1 nitrogen and oxygen atoms in total. The van der Waals surface area contributed by atoms with E-state index >= 15 is 0 Å². The van der Waals surface area contributed by atoms with Crippen LogP contribution in [0.1, 0.15) is 17.2 Å². The van der Waals surface area contributed by atoms with E-state index in [0.717, 1.165) is 6.07 Å². The van der Waals surface area contributed by atoms with E-state index in [9.17, 15) is 17.6 Å². The zero-order valence-electron chi connectivity index (χ0n) is 11.0. The van der Waals surface area contributed by atoms with E-state index in [1.807, 2.05) is 0 Å². The Morgan fingerprint density at radius 2 is 1.71 bits per heavy atom.